The van der Waals surface area contributed by atoms with Crippen molar-refractivity contribution in [3.05, 3.63) is 0 Å². The quantitative estimate of drug-likeness (QED) is 0.699. The Morgan fingerprint density at radius 3 is 1.82 bits per heavy atom. The van der Waals surface area contributed by atoms with Gasteiger partial charge in [-0.15, -0.1) is 0 Å². The summed E-state index contributed by atoms with van der Waals surface area (Å²) in [6.45, 7) is 0. The highest BCUT2D eigenvalue weighted by molar-refractivity contribution is 5.79. The molecule has 3 N–H and O–H groups in total. The lowest BCUT2D eigenvalue weighted by molar-refractivity contribution is -0.128. The lowest BCUT2D eigenvalue weighted by Crippen LogP contribution is -2.45. The molecule has 0 radical (unpaired) electrons. The van der Waals surface area contributed by atoms with Gasteiger partial charge in [0.15, 0.2) is 0 Å². The highest BCUT2D eigenvalue weighted by Gasteiger charge is 2.29. The zero-order chi connectivity index (χ0) is 12.3. The second kappa shape index (κ2) is 5.38. The molecule has 5 nitrogen and oxygen atoms in total. The highest BCUT2D eigenvalue weighted by Crippen LogP contribution is 2.27. The summed E-state index contributed by atoms with van der Waals surface area (Å²) in [5.41, 5.74) is 0. The molecule has 2 saturated carbocycles. The van der Waals surface area contributed by atoms with Crippen LogP contribution in [0, 0.1) is 5.92 Å². The molecule has 0 aromatic heterocycles. The highest BCUT2D eigenvalue weighted by atomic mass is 16.4. The van der Waals surface area contributed by atoms with Crippen molar-refractivity contribution in [2.75, 3.05) is 0 Å². The third kappa shape index (κ3) is 3.35. The van der Waals surface area contributed by atoms with Crippen LogP contribution in [0.4, 0.5) is 4.79 Å². The van der Waals surface area contributed by atoms with Crippen LogP contribution >= 0.6 is 0 Å². The molecule has 0 aromatic rings. The molecular formula is C12H20N2O3. The SMILES string of the molecule is O=C(O)NC1CCC(NC(=O)C2CCC2)CC1. The molecule has 0 bridgehead atoms. The first-order valence-corrected chi connectivity index (χ1v) is 6.45. The standard InChI is InChI=1S/C12H20N2O3/c15-11(8-2-1-3-8)13-9-4-6-10(7-5-9)14-12(16)17/h8-10,14H,1-7H2,(H,13,15)(H,16,17). The summed E-state index contributed by atoms with van der Waals surface area (Å²) in [6.07, 6.45) is 5.68. The van der Waals surface area contributed by atoms with Crippen molar-refractivity contribution < 1.29 is 14.7 Å². The predicted octanol–water partition coefficient (Wildman–Crippen LogP) is 1.48. The molecule has 17 heavy (non-hydrogen) atoms. The summed E-state index contributed by atoms with van der Waals surface area (Å²) in [5, 5.41) is 14.2. The van der Waals surface area contributed by atoms with Crippen molar-refractivity contribution >= 4 is 12.0 Å². The summed E-state index contributed by atoms with van der Waals surface area (Å²) in [6, 6.07) is 0.305. The maximum absolute atomic E-state index is 11.7. The molecule has 5 heteroatoms. The zero-order valence-electron chi connectivity index (χ0n) is 9.95. The van der Waals surface area contributed by atoms with E-state index in [0.717, 1.165) is 38.5 Å². The molecule has 0 saturated heterocycles. The summed E-state index contributed by atoms with van der Waals surface area (Å²) >= 11 is 0. The maximum atomic E-state index is 11.7. The zero-order valence-corrected chi connectivity index (χ0v) is 9.95. The molecule has 2 aliphatic carbocycles. The van der Waals surface area contributed by atoms with E-state index in [2.05, 4.69) is 10.6 Å². The number of rotatable bonds is 3. The fourth-order valence-electron chi connectivity index (χ4n) is 2.55. The van der Waals surface area contributed by atoms with Crippen molar-refractivity contribution in [1.82, 2.24) is 10.6 Å². The van der Waals surface area contributed by atoms with Crippen molar-refractivity contribution in [2.24, 2.45) is 5.92 Å². The van der Waals surface area contributed by atoms with Gasteiger partial charge in [0.2, 0.25) is 5.91 Å². The molecular weight excluding hydrogens is 220 g/mol. The van der Waals surface area contributed by atoms with Gasteiger partial charge < -0.3 is 15.7 Å². The molecule has 0 atom stereocenters. The van der Waals surface area contributed by atoms with Crippen LogP contribution in [0.2, 0.25) is 0 Å². The van der Waals surface area contributed by atoms with E-state index in [-0.39, 0.29) is 23.9 Å². The number of hydrogen-bond donors (Lipinski definition) is 3. The Morgan fingerprint density at radius 2 is 1.41 bits per heavy atom. The molecule has 0 aromatic carbocycles. The Hall–Kier alpha value is -1.26. The fourth-order valence-corrected chi connectivity index (χ4v) is 2.55. The maximum Gasteiger partial charge on any atom is 0.404 e. The van der Waals surface area contributed by atoms with Crippen molar-refractivity contribution in [3.8, 4) is 0 Å². The van der Waals surface area contributed by atoms with Crippen LogP contribution in [-0.2, 0) is 4.79 Å². The lowest BCUT2D eigenvalue weighted by Gasteiger charge is -2.31. The van der Waals surface area contributed by atoms with Gasteiger partial charge in [-0.25, -0.2) is 4.79 Å². The average Bonchev–Trinajstić information content (AvgIpc) is 2.17. The van der Waals surface area contributed by atoms with Gasteiger partial charge in [-0.2, -0.15) is 0 Å². The van der Waals surface area contributed by atoms with E-state index in [4.69, 9.17) is 5.11 Å². The lowest BCUT2D eigenvalue weighted by atomic mass is 9.84. The Morgan fingerprint density at radius 1 is 0.882 bits per heavy atom. The average molecular weight is 240 g/mol. The monoisotopic (exact) mass is 240 g/mol. The Kier molecular flexibility index (Phi) is 3.86. The number of hydrogen-bond acceptors (Lipinski definition) is 2. The van der Waals surface area contributed by atoms with Crippen molar-refractivity contribution in [1.29, 1.82) is 0 Å². The summed E-state index contributed by atoms with van der Waals surface area (Å²) in [5.74, 6) is 0.441. The van der Waals surface area contributed by atoms with E-state index in [1.807, 2.05) is 0 Å². The smallest absolute Gasteiger partial charge is 0.404 e. The number of carboxylic acid groups (broad SMARTS) is 1. The third-order valence-electron chi connectivity index (χ3n) is 3.88. The van der Waals surface area contributed by atoms with Crippen LogP contribution in [-0.4, -0.2) is 29.2 Å². The van der Waals surface area contributed by atoms with Crippen molar-refractivity contribution in [3.63, 3.8) is 0 Å². The second-order valence-corrected chi connectivity index (χ2v) is 5.13. The van der Waals surface area contributed by atoms with E-state index in [1.54, 1.807) is 0 Å². The van der Waals surface area contributed by atoms with Gasteiger partial charge in [0, 0.05) is 18.0 Å². The van der Waals surface area contributed by atoms with E-state index in [9.17, 15) is 9.59 Å². The summed E-state index contributed by atoms with van der Waals surface area (Å²) < 4.78 is 0. The van der Waals surface area contributed by atoms with Gasteiger partial charge in [0.1, 0.15) is 0 Å². The normalized spacial score (nSPS) is 29.2. The van der Waals surface area contributed by atoms with Crippen molar-refractivity contribution in [2.45, 2.75) is 57.0 Å². The van der Waals surface area contributed by atoms with Crippen LogP contribution < -0.4 is 10.6 Å². The minimum absolute atomic E-state index is 0.0596. The molecule has 2 aliphatic rings. The van der Waals surface area contributed by atoms with Gasteiger partial charge in [-0.05, 0) is 38.5 Å². The Bertz CT molecular complexity index is 294. The van der Waals surface area contributed by atoms with E-state index >= 15 is 0 Å². The molecule has 0 aliphatic heterocycles. The van der Waals surface area contributed by atoms with Gasteiger partial charge in [-0.1, -0.05) is 6.42 Å². The van der Waals surface area contributed by atoms with Crippen LogP contribution in [0.1, 0.15) is 44.9 Å². The van der Waals surface area contributed by atoms with Crippen LogP contribution in [0.3, 0.4) is 0 Å². The first-order valence-electron chi connectivity index (χ1n) is 6.45. The largest absolute Gasteiger partial charge is 0.465 e. The first-order chi connectivity index (χ1) is 8.15. The first kappa shape index (κ1) is 12.2. The third-order valence-corrected chi connectivity index (χ3v) is 3.88. The summed E-state index contributed by atoms with van der Waals surface area (Å²) in [4.78, 5) is 22.2. The van der Waals surface area contributed by atoms with E-state index in [0.29, 0.717) is 0 Å². The van der Waals surface area contributed by atoms with E-state index < -0.39 is 6.09 Å². The number of amides is 2. The van der Waals surface area contributed by atoms with Gasteiger partial charge in [0.05, 0.1) is 0 Å². The van der Waals surface area contributed by atoms with Gasteiger partial charge in [-0.3, -0.25) is 4.79 Å². The molecule has 0 spiro atoms. The topological polar surface area (TPSA) is 78.4 Å². The van der Waals surface area contributed by atoms with E-state index in [1.165, 1.54) is 6.42 Å². The Labute approximate surface area is 101 Å². The predicted molar refractivity (Wildman–Crippen MR) is 62.7 cm³/mol. The van der Waals surface area contributed by atoms with Gasteiger partial charge in [0.25, 0.3) is 0 Å². The minimum atomic E-state index is -0.952. The van der Waals surface area contributed by atoms with Gasteiger partial charge >= 0.3 is 6.09 Å². The molecule has 0 unspecified atom stereocenters. The van der Waals surface area contributed by atoms with Crippen LogP contribution in [0.5, 0.6) is 0 Å². The molecule has 2 rings (SSSR count). The van der Waals surface area contributed by atoms with Crippen LogP contribution in [0.25, 0.3) is 0 Å². The number of nitrogens with one attached hydrogen (secondary N) is 2. The van der Waals surface area contributed by atoms with Crippen LogP contribution in [0.15, 0.2) is 0 Å². The fraction of sp³-hybridized carbons (Fsp3) is 0.833. The minimum Gasteiger partial charge on any atom is -0.465 e. The molecule has 2 amide bonds. The molecule has 96 valence electrons. The molecule has 0 heterocycles. The summed E-state index contributed by atoms with van der Waals surface area (Å²) in [7, 11) is 0. The number of carbonyl (C=O) groups excluding carboxylic acids is 1. The second-order valence-electron chi connectivity index (χ2n) is 5.13. The molecule has 2 fully saturated rings. The number of carbonyl (C=O) groups is 2. The Balaban J connectivity index is 1.68.